The van der Waals surface area contributed by atoms with Crippen molar-refractivity contribution < 1.29 is 9.21 Å². The SMILES string of the molecule is Cc1cc(C(=O)C(C)C#N)co1. The maximum atomic E-state index is 11.3. The predicted molar refractivity (Wildman–Crippen MR) is 42.6 cm³/mol. The number of nitriles is 1. The second kappa shape index (κ2) is 3.22. The number of rotatable bonds is 2. The van der Waals surface area contributed by atoms with Crippen LogP contribution in [-0.4, -0.2) is 5.78 Å². The first-order chi connectivity index (χ1) is 5.65. The Hall–Kier alpha value is -1.56. The molecule has 0 spiro atoms. The van der Waals surface area contributed by atoms with Crippen LogP contribution in [0.25, 0.3) is 0 Å². The molecule has 12 heavy (non-hydrogen) atoms. The van der Waals surface area contributed by atoms with Crippen molar-refractivity contribution in [1.82, 2.24) is 0 Å². The van der Waals surface area contributed by atoms with E-state index in [0.717, 1.165) is 0 Å². The molecule has 0 N–H and O–H groups in total. The van der Waals surface area contributed by atoms with Gasteiger partial charge in [0.2, 0.25) is 0 Å². The second-order valence-corrected chi connectivity index (χ2v) is 2.66. The topological polar surface area (TPSA) is 54.0 Å². The Morgan fingerprint density at radius 2 is 2.42 bits per heavy atom. The fraction of sp³-hybridized carbons (Fsp3) is 0.333. The molecule has 0 amide bonds. The van der Waals surface area contributed by atoms with E-state index in [2.05, 4.69) is 0 Å². The molecule has 0 aliphatic rings. The first kappa shape index (κ1) is 8.54. The van der Waals surface area contributed by atoms with Crippen LogP contribution >= 0.6 is 0 Å². The largest absolute Gasteiger partial charge is 0.469 e. The summed E-state index contributed by atoms with van der Waals surface area (Å²) in [4.78, 5) is 11.3. The van der Waals surface area contributed by atoms with Crippen molar-refractivity contribution >= 4 is 5.78 Å². The third-order valence-corrected chi connectivity index (χ3v) is 1.60. The van der Waals surface area contributed by atoms with Crippen LogP contribution in [-0.2, 0) is 0 Å². The summed E-state index contributed by atoms with van der Waals surface area (Å²) in [7, 11) is 0. The van der Waals surface area contributed by atoms with E-state index in [9.17, 15) is 4.79 Å². The molecule has 0 aliphatic carbocycles. The number of nitrogens with zero attached hydrogens (tertiary/aromatic N) is 1. The number of ketones is 1. The van der Waals surface area contributed by atoms with Gasteiger partial charge in [-0.25, -0.2) is 0 Å². The van der Waals surface area contributed by atoms with Crippen LogP contribution in [0.1, 0.15) is 23.0 Å². The van der Waals surface area contributed by atoms with Crippen LogP contribution in [0.5, 0.6) is 0 Å². The van der Waals surface area contributed by atoms with Crippen LogP contribution in [0.3, 0.4) is 0 Å². The minimum atomic E-state index is -0.595. The van der Waals surface area contributed by atoms with Gasteiger partial charge in [0.05, 0.1) is 11.6 Å². The van der Waals surface area contributed by atoms with Crippen LogP contribution in [0.15, 0.2) is 16.7 Å². The Morgan fingerprint density at radius 1 is 1.75 bits per heavy atom. The highest BCUT2D eigenvalue weighted by Crippen LogP contribution is 2.11. The molecular formula is C9H9NO2. The summed E-state index contributed by atoms with van der Waals surface area (Å²) < 4.78 is 4.95. The van der Waals surface area contributed by atoms with E-state index in [1.54, 1.807) is 19.9 Å². The molecule has 0 fully saturated rings. The molecule has 62 valence electrons. The highest BCUT2D eigenvalue weighted by atomic mass is 16.3. The van der Waals surface area contributed by atoms with Gasteiger partial charge in [-0.15, -0.1) is 0 Å². The van der Waals surface area contributed by atoms with E-state index in [4.69, 9.17) is 9.68 Å². The van der Waals surface area contributed by atoms with Gasteiger partial charge >= 0.3 is 0 Å². The van der Waals surface area contributed by atoms with Gasteiger partial charge in [0.15, 0.2) is 5.78 Å². The van der Waals surface area contributed by atoms with E-state index in [1.165, 1.54) is 6.26 Å². The van der Waals surface area contributed by atoms with E-state index in [-0.39, 0.29) is 5.78 Å². The molecule has 3 heteroatoms. The lowest BCUT2D eigenvalue weighted by atomic mass is 10.0. The van der Waals surface area contributed by atoms with E-state index < -0.39 is 5.92 Å². The molecule has 0 aromatic carbocycles. The smallest absolute Gasteiger partial charge is 0.182 e. The van der Waals surface area contributed by atoms with Crippen molar-refractivity contribution in [3.8, 4) is 6.07 Å². The number of Topliss-reactive ketones (excluding diaryl/α,β-unsaturated/α-hetero) is 1. The van der Waals surface area contributed by atoms with Crippen molar-refractivity contribution in [2.45, 2.75) is 13.8 Å². The lowest BCUT2D eigenvalue weighted by molar-refractivity contribution is 0.0956. The normalized spacial score (nSPS) is 12.1. The summed E-state index contributed by atoms with van der Waals surface area (Å²) in [5.41, 5.74) is 0.474. The van der Waals surface area contributed by atoms with Crippen LogP contribution in [0, 0.1) is 24.2 Å². The van der Waals surface area contributed by atoms with Gasteiger partial charge in [-0.3, -0.25) is 4.79 Å². The molecule has 1 rings (SSSR count). The Kier molecular flexibility index (Phi) is 2.29. The Labute approximate surface area is 70.6 Å². The molecule has 3 nitrogen and oxygen atoms in total. The van der Waals surface area contributed by atoms with E-state index in [1.807, 2.05) is 6.07 Å². The minimum absolute atomic E-state index is 0.186. The third-order valence-electron chi connectivity index (χ3n) is 1.60. The van der Waals surface area contributed by atoms with Gasteiger partial charge in [-0.2, -0.15) is 5.26 Å². The lowest BCUT2D eigenvalue weighted by Crippen LogP contribution is -2.07. The zero-order valence-corrected chi connectivity index (χ0v) is 7.00. The number of hydrogen-bond donors (Lipinski definition) is 0. The van der Waals surface area contributed by atoms with Gasteiger partial charge < -0.3 is 4.42 Å². The molecular weight excluding hydrogens is 154 g/mol. The maximum absolute atomic E-state index is 11.3. The highest BCUT2D eigenvalue weighted by Gasteiger charge is 2.15. The zero-order valence-electron chi connectivity index (χ0n) is 7.00. The summed E-state index contributed by atoms with van der Waals surface area (Å²) in [6.45, 7) is 3.33. The van der Waals surface area contributed by atoms with Gasteiger partial charge in [-0.05, 0) is 19.9 Å². The van der Waals surface area contributed by atoms with Crippen LogP contribution in [0.2, 0.25) is 0 Å². The van der Waals surface area contributed by atoms with Crippen LogP contribution in [0.4, 0.5) is 0 Å². The molecule has 0 saturated carbocycles. The van der Waals surface area contributed by atoms with E-state index in [0.29, 0.717) is 11.3 Å². The molecule has 0 bridgehead atoms. The summed E-state index contributed by atoms with van der Waals surface area (Å²) in [5.74, 6) is -0.0974. The van der Waals surface area contributed by atoms with Crippen LogP contribution < -0.4 is 0 Å². The first-order valence-corrected chi connectivity index (χ1v) is 3.64. The standard InChI is InChI=1S/C9H9NO2/c1-6(4-10)9(11)8-3-7(2)12-5-8/h3,5-6H,1-2H3. The van der Waals surface area contributed by atoms with Gasteiger partial charge in [0.25, 0.3) is 0 Å². The number of hydrogen-bond acceptors (Lipinski definition) is 3. The molecule has 1 aromatic heterocycles. The van der Waals surface area contributed by atoms with Gasteiger partial charge in [0.1, 0.15) is 17.9 Å². The Balaban J connectivity index is 2.87. The molecule has 1 aromatic rings. The molecule has 0 aliphatic heterocycles. The number of carbonyl (C=O) groups is 1. The Bertz CT molecular complexity index is 333. The average Bonchev–Trinajstić information content (AvgIpc) is 2.49. The van der Waals surface area contributed by atoms with Gasteiger partial charge in [-0.1, -0.05) is 0 Å². The highest BCUT2D eigenvalue weighted by molar-refractivity contribution is 5.98. The zero-order chi connectivity index (χ0) is 9.14. The van der Waals surface area contributed by atoms with Crippen molar-refractivity contribution in [3.63, 3.8) is 0 Å². The van der Waals surface area contributed by atoms with Crippen molar-refractivity contribution in [3.05, 3.63) is 23.7 Å². The second-order valence-electron chi connectivity index (χ2n) is 2.66. The molecule has 0 radical (unpaired) electrons. The number of carbonyl (C=O) groups excluding carboxylic acids is 1. The molecule has 1 unspecified atom stereocenters. The fourth-order valence-electron chi connectivity index (χ4n) is 0.881. The summed E-state index contributed by atoms with van der Waals surface area (Å²) >= 11 is 0. The summed E-state index contributed by atoms with van der Waals surface area (Å²) in [5, 5.41) is 8.47. The minimum Gasteiger partial charge on any atom is -0.469 e. The van der Waals surface area contributed by atoms with E-state index >= 15 is 0 Å². The molecule has 0 saturated heterocycles. The number of furan rings is 1. The van der Waals surface area contributed by atoms with Crippen molar-refractivity contribution in [2.75, 3.05) is 0 Å². The molecule has 1 atom stereocenters. The first-order valence-electron chi connectivity index (χ1n) is 3.64. The quantitative estimate of drug-likeness (QED) is 0.626. The maximum Gasteiger partial charge on any atom is 0.182 e. The molecule has 1 heterocycles. The van der Waals surface area contributed by atoms with Gasteiger partial charge in [0, 0.05) is 0 Å². The van der Waals surface area contributed by atoms with Crippen molar-refractivity contribution in [2.24, 2.45) is 5.92 Å². The summed E-state index contributed by atoms with van der Waals surface area (Å²) in [6.07, 6.45) is 1.38. The third kappa shape index (κ3) is 1.54. The number of aryl methyl sites for hydroxylation is 1. The fourth-order valence-corrected chi connectivity index (χ4v) is 0.881. The Morgan fingerprint density at radius 3 is 2.83 bits per heavy atom. The predicted octanol–water partition coefficient (Wildman–Crippen LogP) is 1.93. The average molecular weight is 163 g/mol. The monoisotopic (exact) mass is 163 g/mol. The summed E-state index contributed by atoms with van der Waals surface area (Å²) in [6, 6.07) is 3.52. The lowest BCUT2D eigenvalue weighted by Gasteiger charge is -1.95. The van der Waals surface area contributed by atoms with Crippen molar-refractivity contribution in [1.29, 1.82) is 5.26 Å².